The van der Waals surface area contributed by atoms with Crippen molar-refractivity contribution in [1.82, 2.24) is 10.2 Å². The number of amides is 1. The van der Waals surface area contributed by atoms with Gasteiger partial charge in [-0.3, -0.25) is 14.5 Å². The number of carboxylic acids is 1. The Kier molecular flexibility index (Phi) is 6.12. The number of nitrogens with zero attached hydrogens (tertiary/aromatic N) is 1. The molecule has 2 rings (SSSR count). The van der Waals surface area contributed by atoms with Gasteiger partial charge in [0, 0.05) is 12.1 Å². The molecule has 1 amide bonds. The summed E-state index contributed by atoms with van der Waals surface area (Å²) in [5.74, 6) is -1.36. The molecular formula is C16H20BrFN2O3. The van der Waals surface area contributed by atoms with Gasteiger partial charge in [0.1, 0.15) is 5.82 Å². The molecule has 1 aliphatic rings. The van der Waals surface area contributed by atoms with Gasteiger partial charge >= 0.3 is 5.97 Å². The van der Waals surface area contributed by atoms with Crippen LogP contribution in [0.2, 0.25) is 0 Å². The fourth-order valence-electron chi connectivity index (χ4n) is 2.79. The number of carbonyl (C=O) groups excluding carboxylic acids is 1. The number of rotatable bonds is 7. The average Bonchev–Trinajstić information content (AvgIpc) is 2.44. The summed E-state index contributed by atoms with van der Waals surface area (Å²) in [5.41, 5.74) is 0.625. The Balaban J connectivity index is 1.77. The molecule has 0 saturated heterocycles. The largest absolute Gasteiger partial charge is 0.480 e. The third-order valence-electron chi connectivity index (χ3n) is 4.09. The predicted octanol–water partition coefficient (Wildman–Crippen LogP) is 2.18. The summed E-state index contributed by atoms with van der Waals surface area (Å²) in [6, 6.07) is 4.91. The van der Waals surface area contributed by atoms with Crippen molar-refractivity contribution in [3.63, 3.8) is 0 Å². The van der Waals surface area contributed by atoms with E-state index < -0.39 is 5.97 Å². The number of carbonyl (C=O) groups is 2. The van der Waals surface area contributed by atoms with Crippen molar-refractivity contribution >= 4 is 27.8 Å². The number of hydrogen-bond donors (Lipinski definition) is 2. The van der Waals surface area contributed by atoms with Crippen LogP contribution >= 0.6 is 15.9 Å². The molecular weight excluding hydrogens is 367 g/mol. The Morgan fingerprint density at radius 3 is 2.70 bits per heavy atom. The standard InChI is InChI=1S/C16H20BrFN2O3/c1-2-20(9-16(22)23)12-7-11(8-12)19-15(21)6-10-3-4-13(17)14(18)5-10/h3-5,11-12H,2,6-9H2,1H3,(H,19,21)(H,22,23). The topological polar surface area (TPSA) is 69.6 Å². The molecule has 1 aromatic carbocycles. The molecule has 0 aromatic heterocycles. The van der Waals surface area contributed by atoms with Crippen LogP contribution in [0.4, 0.5) is 4.39 Å². The van der Waals surface area contributed by atoms with Gasteiger partial charge in [-0.15, -0.1) is 0 Å². The van der Waals surface area contributed by atoms with Crippen LogP contribution in [-0.2, 0) is 16.0 Å². The van der Waals surface area contributed by atoms with Crippen LogP contribution in [0.1, 0.15) is 25.3 Å². The second kappa shape index (κ2) is 7.88. The molecule has 7 heteroatoms. The quantitative estimate of drug-likeness (QED) is 0.753. The molecule has 126 valence electrons. The van der Waals surface area contributed by atoms with E-state index >= 15 is 0 Å². The van der Waals surface area contributed by atoms with Crippen molar-refractivity contribution in [3.05, 3.63) is 34.1 Å². The molecule has 0 bridgehead atoms. The van der Waals surface area contributed by atoms with Gasteiger partial charge in [0.15, 0.2) is 0 Å². The Morgan fingerprint density at radius 2 is 2.13 bits per heavy atom. The first-order valence-corrected chi connectivity index (χ1v) is 8.37. The van der Waals surface area contributed by atoms with Gasteiger partial charge < -0.3 is 10.4 Å². The predicted molar refractivity (Wildman–Crippen MR) is 87.6 cm³/mol. The fourth-order valence-corrected chi connectivity index (χ4v) is 3.04. The first-order chi connectivity index (χ1) is 10.9. The zero-order valence-electron chi connectivity index (χ0n) is 12.9. The van der Waals surface area contributed by atoms with Crippen molar-refractivity contribution in [3.8, 4) is 0 Å². The number of likely N-dealkylation sites (N-methyl/N-ethyl adjacent to an activating group) is 1. The fraction of sp³-hybridized carbons (Fsp3) is 0.500. The molecule has 0 unspecified atom stereocenters. The first kappa shape index (κ1) is 17.9. The Morgan fingerprint density at radius 1 is 1.43 bits per heavy atom. The second-order valence-corrected chi connectivity index (χ2v) is 6.63. The highest BCUT2D eigenvalue weighted by molar-refractivity contribution is 9.10. The number of benzene rings is 1. The van der Waals surface area contributed by atoms with Crippen molar-refractivity contribution in [2.24, 2.45) is 0 Å². The minimum Gasteiger partial charge on any atom is -0.480 e. The number of halogens is 2. The van der Waals surface area contributed by atoms with E-state index in [9.17, 15) is 14.0 Å². The normalized spacial score (nSPS) is 20.2. The lowest BCUT2D eigenvalue weighted by Crippen LogP contribution is -2.55. The Labute approximate surface area is 143 Å². The molecule has 23 heavy (non-hydrogen) atoms. The third-order valence-corrected chi connectivity index (χ3v) is 4.73. The summed E-state index contributed by atoms with van der Waals surface area (Å²) in [5, 5.41) is 11.8. The van der Waals surface area contributed by atoms with Gasteiger partial charge in [-0.2, -0.15) is 0 Å². The Bertz CT molecular complexity index is 591. The molecule has 5 nitrogen and oxygen atoms in total. The highest BCUT2D eigenvalue weighted by Crippen LogP contribution is 2.25. The molecule has 1 fully saturated rings. The molecule has 1 aromatic rings. The van der Waals surface area contributed by atoms with E-state index in [0.29, 0.717) is 16.6 Å². The highest BCUT2D eigenvalue weighted by atomic mass is 79.9. The van der Waals surface area contributed by atoms with Crippen molar-refractivity contribution in [2.45, 2.75) is 38.3 Å². The van der Waals surface area contributed by atoms with Gasteiger partial charge in [0.05, 0.1) is 17.4 Å². The lowest BCUT2D eigenvalue weighted by atomic mass is 9.85. The van der Waals surface area contributed by atoms with Crippen molar-refractivity contribution in [2.75, 3.05) is 13.1 Å². The summed E-state index contributed by atoms with van der Waals surface area (Å²) >= 11 is 3.08. The number of nitrogens with one attached hydrogen (secondary N) is 1. The van der Waals surface area contributed by atoms with E-state index in [1.165, 1.54) is 6.07 Å². The van der Waals surface area contributed by atoms with E-state index in [1.54, 1.807) is 12.1 Å². The van der Waals surface area contributed by atoms with Crippen LogP contribution in [-0.4, -0.2) is 47.1 Å². The third kappa shape index (κ3) is 5.00. The summed E-state index contributed by atoms with van der Waals surface area (Å²) in [4.78, 5) is 24.7. The highest BCUT2D eigenvalue weighted by Gasteiger charge is 2.34. The smallest absolute Gasteiger partial charge is 0.317 e. The van der Waals surface area contributed by atoms with Gasteiger partial charge in [-0.05, 0) is 53.0 Å². The van der Waals surface area contributed by atoms with Crippen molar-refractivity contribution < 1.29 is 19.1 Å². The monoisotopic (exact) mass is 386 g/mol. The van der Waals surface area contributed by atoms with Crippen LogP contribution in [0.3, 0.4) is 0 Å². The molecule has 2 N–H and O–H groups in total. The van der Waals surface area contributed by atoms with Crippen LogP contribution in [0.5, 0.6) is 0 Å². The number of hydrogen-bond acceptors (Lipinski definition) is 3. The van der Waals surface area contributed by atoms with E-state index in [1.807, 2.05) is 11.8 Å². The van der Waals surface area contributed by atoms with Gasteiger partial charge in [0.2, 0.25) is 5.91 Å². The van der Waals surface area contributed by atoms with Crippen LogP contribution in [0.15, 0.2) is 22.7 Å². The summed E-state index contributed by atoms with van der Waals surface area (Å²) in [6.07, 6.45) is 1.64. The summed E-state index contributed by atoms with van der Waals surface area (Å²) < 4.78 is 13.8. The van der Waals surface area contributed by atoms with E-state index in [2.05, 4.69) is 21.2 Å². The zero-order chi connectivity index (χ0) is 17.0. The summed E-state index contributed by atoms with van der Waals surface area (Å²) in [7, 11) is 0. The lowest BCUT2D eigenvalue weighted by Gasteiger charge is -2.42. The minimum atomic E-state index is -0.836. The zero-order valence-corrected chi connectivity index (χ0v) is 14.5. The molecule has 1 aliphatic carbocycles. The number of carboxylic acid groups (broad SMARTS) is 1. The SMILES string of the molecule is CCN(CC(=O)O)C1CC(NC(=O)Cc2ccc(Br)c(F)c2)C1. The van der Waals surface area contributed by atoms with E-state index in [4.69, 9.17) is 5.11 Å². The van der Waals surface area contributed by atoms with Crippen LogP contribution < -0.4 is 5.32 Å². The maximum atomic E-state index is 13.4. The molecule has 0 radical (unpaired) electrons. The molecule has 0 aliphatic heterocycles. The molecule has 0 atom stereocenters. The Hall–Kier alpha value is -1.47. The second-order valence-electron chi connectivity index (χ2n) is 5.77. The number of aliphatic carboxylic acids is 1. The van der Waals surface area contributed by atoms with E-state index in [-0.39, 0.29) is 36.8 Å². The van der Waals surface area contributed by atoms with Gasteiger partial charge in [-0.25, -0.2) is 4.39 Å². The molecule has 1 saturated carbocycles. The van der Waals surface area contributed by atoms with Crippen LogP contribution in [0.25, 0.3) is 0 Å². The first-order valence-electron chi connectivity index (χ1n) is 7.58. The van der Waals surface area contributed by atoms with Gasteiger partial charge in [0.25, 0.3) is 0 Å². The van der Waals surface area contributed by atoms with Crippen LogP contribution in [0, 0.1) is 5.82 Å². The molecule has 0 spiro atoms. The summed E-state index contributed by atoms with van der Waals surface area (Å²) in [6.45, 7) is 2.63. The lowest BCUT2D eigenvalue weighted by molar-refractivity contribution is -0.139. The van der Waals surface area contributed by atoms with Crippen molar-refractivity contribution in [1.29, 1.82) is 0 Å². The average molecular weight is 387 g/mol. The van der Waals surface area contributed by atoms with Gasteiger partial charge in [-0.1, -0.05) is 13.0 Å². The van der Waals surface area contributed by atoms with E-state index in [0.717, 1.165) is 12.8 Å². The maximum Gasteiger partial charge on any atom is 0.317 e. The maximum absolute atomic E-state index is 13.4. The molecule has 0 heterocycles. The minimum absolute atomic E-state index is 0.0278.